The minimum atomic E-state index is -0.482. The van der Waals surface area contributed by atoms with E-state index in [1.54, 1.807) is 0 Å². The molecule has 0 fully saturated rings. The molecule has 0 unspecified atom stereocenters. The van der Waals surface area contributed by atoms with Crippen molar-refractivity contribution in [3.8, 4) is 22.3 Å². The molecule has 312 valence electrons. The van der Waals surface area contributed by atoms with E-state index in [1.807, 2.05) is 0 Å². The molecular weight excluding hydrogens is 795 g/mol. The van der Waals surface area contributed by atoms with Crippen LogP contribution in [-0.4, -0.2) is 0 Å². The predicted octanol–water partition coefficient (Wildman–Crippen LogP) is 17.8. The molecule has 0 aliphatic heterocycles. The van der Waals surface area contributed by atoms with E-state index in [1.165, 1.54) is 87.6 Å². The first-order valence-electron chi connectivity index (χ1n) is 23.1. The second-order valence-corrected chi connectivity index (χ2v) is 17.5. The maximum atomic E-state index is 2.45. The Bertz CT molecular complexity index is 3420. The summed E-state index contributed by atoms with van der Waals surface area (Å²) >= 11 is 0. The number of benzene rings is 11. The molecule has 66 heavy (non-hydrogen) atoms. The van der Waals surface area contributed by atoms with Crippen molar-refractivity contribution in [3.63, 3.8) is 0 Å². The third-order valence-corrected chi connectivity index (χ3v) is 13.8. The largest absolute Gasteiger partial charge is 0.310 e. The molecule has 0 spiro atoms. The summed E-state index contributed by atoms with van der Waals surface area (Å²) in [6.07, 6.45) is 11.5. The van der Waals surface area contributed by atoms with Gasteiger partial charge in [0, 0.05) is 17.1 Å². The topological polar surface area (TPSA) is 3.24 Å². The number of nitrogens with zero attached hydrogens (tertiary/aromatic N) is 1. The fourth-order valence-electron chi connectivity index (χ4n) is 10.6. The molecule has 0 aromatic heterocycles. The van der Waals surface area contributed by atoms with E-state index in [9.17, 15) is 0 Å². The third kappa shape index (κ3) is 6.80. The summed E-state index contributed by atoms with van der Waals surface area (Å²) in [5, 5.41) is 10.1. The van der Waals surface area contributed by atoms with Crippen LogP contribution in [-0.2, 0) is 5.41 Å². The van der Waals surface area contributed by atoms with Gasteiger partial charge in [-0.25, -0.2) is 0 Å². The Hall–Kier alpha value is -8.26. The highest BCUT2D eigenvalue weighted by molar-refractivity contribution is 6.15. The van der Waals surface area contributed by atoms with E-state index in [4.69, 9.17) is 0 Å². The molecule has 0 bridgehead atoms. The van der Waals surface area contributed by atoms with Gasteiger partial charge in [-0.15, -0.1) is 0 Å². The average molecular weight is 842 g/mol. The zero-order valence-corrected chi connectivity index (χ0v) is 36.7. The van der Waals surface area contributed by atoms with Gasteiger partial charge in [-0.1, -0.05) is 212 Å². The van der Waals surface area contributed by atoms with Gasteiger partial charge in [0.2, 0.25) is 0 Å². The van der Waals surface area contributed by atoms with Crippen molar-refractivity contribution in [2.24, 2.45) is 0 Å². The highest BCUT2D eigenvalue weighted by atomic mass is 15.1. The molecule has 11 aromatic carbocycles. The molecule has 0 N–H and O–H groups in total. The summed E-state index contributed by atoms with van der Waals surface area (Å²) in [4.78, 5) is 2.42. The number of anilines is 3. The third-order valence-electron chi connectivity index (χ3n) is 13.8. The predicted molar refractivity (Wildman–Crippen MR) is 282 cm³/mol. The van der Waals surface area contributed by atoms with E-state index < -0.39 is 5.41 Å². The van der Waals surface area contributed by atoms with E-state index in [-0.39, 0.29) is 0 Å². The number of rotatable bonds is 7. The summed E-state index contributed by atoms with van der Waals surface area (Å²) < 4.78 is 0. The van der Waals surface area contributed by atoms with Crippen molar-refractivity contribution in [1.82, 2.24) is 0 Å². The Morgan fingerprint density at radius 1 is 0.333 bits per heavy atom. The molecule has 0 amide bonds. The highest BCUT2D eigenvalue weighted by Crippen LogP contribution is 2.46. The second-order valence-electron chi connectivity index (χ2n) is 17.5. The first kappa shape index (κ1) is 39.3. The van der Waals surface area contributed by atoms with Crippen LogP contribution in [0.25, 0.3) is 71.4 Å². The van der Waals surface area contributed by atoms with Crippen LogP contribution in [0.15, 0.2) is 255 Å². The lowest BCUT2D eigenvalue weighted by Crippen LogP contribution is -2.28. The van der Waals surface area contributed by atoms with Gasteiger partial charge >= 0.3 is 0 Å². The maximum absolute atomic E-state index is 2.45. The van der Waals surface area contributed by atoms with Crippen LogP contribution in [0.1, 0.15) is 35.1 Å². The molecule has 12 rings (SSSR count). The van der Waals surface area contributed by atoms with Crippen molar-refractivity contribution in [2.75, 3.05) is 4.90 Å². The van der Waals surface area contributed by atoms with Gasteiger partial charge in [0.25, 0.3) is 0 Å². The van der Waals surface area contributed by atoms with Crippen LogP contribution in [0.2, 0.25) is 0 Å². The van der Waals surface area contributed by atoms with Gasteiger partial charge < -0.3 is 4.90 Å². The quantitative estimate of drug-likeness (QED) is 0.114. The Kier molecular flexibility index (Phi) is 9.95. The Balaban J connectivity index is 1.03. The molecule has 0 atom stereocenters. The molecule has 0 heterocycles. The lowest BCUT2D eigenvalue weighted by molar-refractivity contribution is 0.772. The fourth-order valence-corrected chi connectivity index (χ4v) is 10.6. The molecule has 1 nitrogen and oxygen atoms in total. The van der Waals surface area contributed by atoms with Gasteiger partial charge in [-0.2, -0.15) is 0 Å². The lowest BCUT2D eigenvalue weighted by atomic mass is 9.67. The number of hydrogen-bond acceptors (Lipinski definition) is 1. The van der Waals surface area contributed by atoms with Crippen molar-refractivity contribution in [2.45, 2.75) is 18.3 Å². The number of allylic oxidation sites excluding steroid dienone is 3. The summed E-state index contributed by atoms with van der Waals surface area (Å²) in [5.74, 6) is 0. The zero-order valence-electron chi connectivity index (χ0n) is 36.7. The van der Waals surface area contributed by atoms with Crippen molar-refractivity contribution < 1.29 is 0 Å². The van der Waals surface area contributed by atoms with Crippen LogP contribution in [0.3, 0.4) is 0 Å². The maximum Gasteiger partial charge on any atom is 0.0637 e. The standard InChI is InChI=1S/C65H47N/c1-2-18-42-65(51-22-6-3-7-23-51,52-24-8-4-9-25-52)64-41-40-55(43-50(64)21-5-1)66(53-36-32-46(33-37-53)62-44-48-19-10-12-26-56(48)58-28-14-16-30-60(58)62)54-38-34-47(35-39-54)63-45-49-20-11-13-27-57(49)59-29-15-17-31-61(59)63/h3-45H,1-2H2/b21-5+,42-18+. The molecule has 1 aliphatic carbocycles. The first-order chi connectivity index (χ1) is 32.7. The smallest absolute Gasteiger partial charge is 0.0637 e. The SMILES string of the molecule is C1=C/c2cc(N(c3ccc(-c4cc5ccccc5c5ccccc45)cc3)c3ccc(-c4cc5ccccc5c5ccccc45)cc3)ccc2C(c2ccccc2)(c2ccccc2)/C=C/CC/1. The summed E-state index contributed by atoms with van der Waals surface area (Å²) in [7, 11) is 0. The average Bonchev–Trinajstić information content (AvgIpc) is 3.48. The molecule has 1 aliphatic rings. The Morgan fingerprint density at radius 2 is 0.758 bits per heavy atom. The Labute approximate surface area is 386 Å². The minimum absolute atomic E-state index is 0.482. The highest BCUT2D eigenvalue weighted by Gasteiger charge is 2.36. The normalized spacial score (nSPS) is 14.3. The van der Waals surface area contributed by atoms with Crippen molar-refractivity contribution >= 4 is 66.2 Å². The molecule has 0 radical (unpaired) electrons. The minimum Gasteiger partial charge on any atom is -0.310 e. The van der Waals surface area contributed by atoms with E-state index in [2.05, 4.69) is 266 Å². The summed E-state index contributed by atoms with van der Waals surface area (Å²) in [6, 6.07) is 87.3. The van der Waals surface area contributed by atoms with Crippen LogP contribution in [0.5, 0.6) is 0 Å². The van der Waals surface area contributed by atoms with Gasteiger partial charge in [0.15, 0.2) is 0 Å². The molecule has 0 saturated heterocycles. The molecule has 1 heteroatoms. The fraction of sp³-hybridized carbons (Fsp3) is 0.0462. The zero-order chi connectivity index (χ0) is 43.9. The molecular formula is C65H47N. The van der Waals surface area contributed by atoms with Gasteiger partial charge in [-0.05, 0) is 149 Å². The first-order valence-corrected chi connectivity index (χ1v) is 23.1. The van der Waals surface area contributed by atoms with Crippen LogP contribution in [0, 0.1) is 0 Å². The van der Waals surface area contributed by atoms with Gasteiger partial charge in [0.1, 0.15) is 0 Å². The monoisotopic (exact) mass is 841 g/mol. The summed E-state index contributed by atoms with van der Waals surface area (Å²) in [6.45, 7) is 0. The number of fused-ring (bicyclic) bond motifs is 7. The van der Waals surface area contributed by atoms with Crippen molar-refractivity contribution in [3.05, 3.63) is 277 Å². The molecule has 11 aromatic rings. The van der Waals surface area contributed by atoms with Crippen LogP contribution >= 0.6 is 0 Å². The number of hydrogen-bond donors (Lipinski definition) is 0. The van der Waals surface area contributed by atoms with E-state index >= 15 is 0 Å². The van der Waals surface area contributed by atoms with E-state index in [0.717, 1.165) is 29.9 Å². The van der Waals surface area contributed by atoms with Gasteiger partial charge in [0.05, 0.1) is 5.41 Å². The van der Waals surface area contributed by atoms with Gasteiger partial charge in [-0.3, -0.25) is 0 Å². The second kappa shape index (κ2) is 16.7. The summed E-state index contributed by atoms with van der Waals surface area (Å²) in [5.41, 5.74) is 12.6. The molecule has 0 saturated carbocycles. The Morgan fingerprint density at radius 3 is 1.27 bits per heavy atom. The van der Waals surface area contributed by atoms with Crippen molar-refractivity contribution in [1.29, 1.82) is 0 Å². The van der Waals surface area contributed by atoms with Crippen LogP contribution in [0.4, 0.5) is 17.1 Å². The van der Waals surface area contributed by atoms with E-state index in [0.29, 0.717) is 0 Å². The van der Waals surface area contributed by atoms with Crippen LogP contribution < -0.4 is 4.90 Å². The lowest BCUT2D eigenvalue weighted by Gasteiger charge is -2.35.